The van der Waals surface area contributed by atoms with Gasteiger partial charge in [0.15, 0.2) is 5.96 Å². The van der Waals surface area contributed by atoms with Crippen molar-refractivity contribution in [2.45, 2.75) is 53.2 Å². The van der Waals surface area contributed by atoms with Crippen molar-refractivity contribution >= 4 is 5.96 Å². The molecular formula is C23H35N5O. The standard InChI is InChI=1S/C23H35N5O/c1-5-24-23(26-10-6-7-12-27-13-11-25-20(27)4)28-14-15-29-22(17-28)21-9-8-18(2)16-19(21)3/h8-9,11,13,16,22H,5-7,10,12,14-15,17H2,1-4H3,(H,24,26). The second kappa shape index (κ2) is 10.4. The summed E-state index contributed by atoms with van der Waals surface area (Å²) in [5, 5.41) is 3.47. The molecule has 29 heavy (non-hydrogen) atoms. The molecule has 1 aromatic heterocycles. The normalized spacial score (nSPS) is 17.6. The SMILES string of the molecule is CCNC(=NCCCCn1ccnc1C)N1CCOC(c2ccc(C)cc2C)C1. The first-order valence-electron chi connectivity index (χ1n) is 10.8. The van der Waals surface area contributed by atoms with Crippen molar-refractivity contribution in [1.82, 2.24) is 19.8 Å². The molecule has 1 saturated heterocycles. The Morgan fingerprint density at radius 3 is 2.86 bits per heavy atom. The Hall–Kier alpha value is -2.34. The summed E-state index contributed by atoms with van der Waals surface area (Å²) in [6.45, 7) is 13.6. The predicted molar refractivity (Wildman–Crippen MR) is 118 cm³/mol. The second-order valence-electron chi connectivity index (χ2n) is 7.78. The first-order chi connectivity index (χ1) is 14.1. The van der Waals surface area contributed by atoms with Crippen LogP contribution in [0.1, 0.15) is 48.4 Å². The van der Waals surface area contributed by atoms with Gasteiger partial charge in [0.25, 0.3) is 0 Å². The zero-order chi connectivity index (χ0) is 20.6. The van der Waals surface area contributed by atoms with Gasteiger partial charge in [0.05, 0.1) is 13.2 Å². The van der Waals surface area contributed by atoms with Gasteiger partial charge in [-0.1, -0.05) is 23.8 Å². The number of aliphatic imine (C=N–C) groups is 1. The Morgan fingerprint density at radius 2 is 2.14 bits per heavy atom. The molecule has 1 aliphatic heterocycles. The molecule has 0 amide bonds. The summed E-state index contributed by atoms with van der Waals surface area (Å²) in [4.78, 5) is 11.5. The van der Waals surface area contributed by atoms with Gasteiger partial charge >= 0.3 is 0 Å². The van der Waals surface area contributed by atoms with Crippen LogP contribution in [0.15, 0.2) is 35.6 Å². The maximum absolute atomic E-state index is 6.11. The van der Waals surface area contributed by atoms with E-state index in [2.05, 4.69) is 58.7 Å². The highest BCUT2D eigenvalue weighted by molar-refractivity contribution is 5.80. The minimum atomic E-state index is 0.0948. The molecule has 6 heteroatoms. The molecule has 3 rings (SSSR count). The van der Waals surface area contributed by atoms with E-state index in [-0.39, 0.29) is 6.10 Å². The van der Waals surface area contributed by atoms with Crippen molar-refractivity contribution in [3.63, 3.8) is 0 Å². The number of unbranched alkanes of at least 4 members (excludes halogenated alkanes) is 1. The van der Waals surface area contributed by atoms with Crippen LogP contribution >= 0.6 is 0 Å². The number of imidazole rings is 1. The number of nitrogens with zero attached hydrogens (tertiary/aromatic N) is 4. The minimum Gasteiger partial charge on any atom is -0.370 e. The van der Waals surface area contributed by atoms with Gasteiger partial charge < -0.3 is 19.5 Å². The lowest BCUT2D eigenvalue weighted by atomic mass is 10.00. The highest BCUT2D eigenvalue weighted by Gasteiger charge is 2.25. The van der Waals surface area contributed by atoms with Gasteiger partial charge in [-0.2, -0.15) is 0 Å². The average Bonchev–Trinajstić information content (AvgIpc) is 3.12. The minimum absolute atomic E-state index is 0.0948. The molecular weight excluding hydrogens is 362 g/mol. The fourth-order valence-corrected chi connectivity index (χ4v) is 3.86. The van der Waals surface area contributed by atoms with Gasteiger partial charge in [0.1, 0.15) is 11.9 Å². The van der Waals surface area contributed by atoms with Gasteiger partial charge in [-0.05, 0) is 51.7 Å². The van der Waals surface area contributed by atoms with Crippen LogP contribution in [-0.4, -0.2) is 53.2 Å². The van der Waals surface area contributed by atoms with Crippen LogP contribution in [0.3, 0.4) is 0 Å². The van der Waals surface area contributed by atoms with Crippen molar-refractivity contribution in [2.24, 2.45) is 4.99 Å². The summed E-state index contributed by atoms with van der Waals surface area (Å²) < 4.78 is 8.31. The van der Waals surface area contributed by atoms with Crippen LogP contribution < -0.4 is 5.32 Å². The Morgan fingerprint density at radius 1 is 1.28 bits per heavy atom. The monoisotopic (exact) mass is 397 g/mol. The highest BCUT2D eigenvalue weighted by atomic mass is 16.5. The molecule has 1 N–H and O–H groups in total. The Balaban J connectivity index is 1.57. The van der Waals surface area contributed by atoms with E-state index in [1.165, 1.54) is 16.7 Å². The molecule has 1 aliphatic rings. The lowest BCUT2D eigenvalue weighted by Crippen LogP contribution is -2.48. The van der Waals surface area contributed by atoms with Crippen LogP contribution in [0, 0.1) is 20.8 Å². The maximum Gasteiger partial charge on any atom is 0.194 e. The molecule has 0 bridgehead atoms. The summed E-state index contributed by atoms with van der Waals surface area (Å²) in [5.74, 6) is 2.08. The lowest BCUT2D eigenvalue weighted by Gasteiger charge is -2.36. The van der Waals surface area contributed by atoms with E-state index in [0.29, 0.717) is 0 Å². The fourth-order valence-electron chi connectivity index (χ4n) is 3.86. The molecule has 1 atom stereocenters. The zero-order valence-electron chi connectivity index (χ0n) is 18.3. The van der Waals surface area contributed by atoms with Crippen molar-refractivity contribution in [2.75, 3.05) is 32.8 Å². The van der Waals surface area contributed by atoms with Crippen LogP contribution in [0.25, 0.3) is 0 Å². The first-order valence-corrected chi connectivity index (χ1v) is 10.8. The number of aryl methyl sites for hydroxylation is 4. The van der Waals surface area contributed by atoms with E-state index >= 15 is 0 Å². The van der Waals surface area contributed by atoms with Crippen molar-refractivity contribution in [1.29, 1.82) is 0 Å². The summed E-state index contributed by atoms with van der Waals surface area (Å²) >= 11 is 0. The number of nitrogens with one attached hydrogen (secondary N) is 1. The van der Waals surface area contributed by atoms with E-state index in [1.807, 2.05) is 19.3 Å². The number of guanidine groups is 1. The number of aromatic nitrogens is 2. The molecule has 2 heterocycles. The molecule has 6 nitrogen and oxygen atoms in total. The van der Waals surface area contributed by atoms with Crippen molar-refractivity contribution in [3.8, 4) is 0 Å². The van der Waals surface area contributed by atoms with E-state index in [1.54, 1.807) is 0 Å². The third-order valence-corrected chi connectivity index (χ3v) is 5.47. The third-order valence-electron chi connectivity index (χ3n) is 5.47. The summed E-state index contributed by atoms with van der Waals surface area (Å²) in [7, 11) is 0. The van der Waals surface area contributed by atoms with Gasteiger partial charge in [-0.3, -0.25) is 4.99 Å². The number of benzene rings is 1. The first kappa shape index (κ1) is 21.4. The van der Waals surface area contributed by atoms with Crippen LogP contribution in [0.2, 0.25) is 0 Å². The summed E-state index contributed by atoms with van der Waals surface area (Å²) in [5.41, 5.74) is 3.88. The fraction of sp³-hybridized carbons (Fsp3) is 0.565. The second-order valence-corrected chi connectivity index (χ2v) is 7.78. The molecule has 1 aromatic carbocycles. The highest BCUT2D eigenvalue weighted by Crippen LogP contribution is 2.26. The number of hydrogen-bond acceptors (Lipinski definition) is 3. The number of ether oxygens (including phenoxy) is 1. The average molecular weight is 398 g/mol. The number of morpholine rings is 1. The van der Waals surface area contributed by atoms with Crippen LogP contribution in [-0.2, 0) is 11.3 Å². The van der Waals surface area contributed by atoms with E-state index in [4.69, 9.17) is 9.73 Å². The molecule has 2 aromatic rings. The Kier molecular flexibility index (Phi) is 7.69. The van der Waals surface area contributed by atoms with Gasteiger partial charge in [-0.15, -0.1) is 0 Å². The predicted octanol–water partition coefficient (Wildman–Crippen LogP) is 3.63. The molecule has 158 valence electrons. The van der Waals surface area contributed by atoms with Gasteiger partial charge in [0, 0.05) is 38.6 Å². The lowest BCUT2D eigenvalue weighted by molar-refractivity contribution is -0.00833. The zero-order valence-corrected chi connectivity index (χ0v) is 18.3. The third kappa shape index (κ3) is 5.82. The maximum atomic E-state index is 6.11. The van der Waals surface area contributed by atoms with Gasteiger partial charge in [-0.25, -0.2) is 4.98 Å². The van der Waals surface area contributed by atoms with Crippen molar-refractivity contribution < 1.29 is 4.74 Å². The van der Waals surface area contributed by atoms with Crippen LogP contribution in [0.5, 0.6) is 0 Å². The quantitative estimate of drug-likeness (QED) is 0.440. The topological polar surface area (TPSA) is 54.7 Å². The molecule has 0 spiro atoms. The van der Waals surface area contributed by atoms with Crippen LogP contribution in [0.4, 0.5) is 0 Å². The number of rotatable bonds is 7. The van der Waals surface area contributed by atoms with E-state index in [0.717, 1.165) is 64.0 Å². The van der Waals surface area contributed by atoms with E-state index in [9.17, 15) is 0 Å². The molecule has 1 fully saturated rings. The summed E-state index contributed by atoms with van der Waals surface area (Å²) in [6.07, 6.45) is 6.17. The Bertz CT molecular complexity index is 813. The number of hydrogen-bond donors (Lipinski definition) is 1. The smallest absolute Gasteiger partial charge is 0.194 e. The largest absolute Gasteiger partial charge is 0.370 e. The molecule has 0 aliphatic carbocycles. The van der Waals surface area contributed by atoms with Gasteiger partial charge in [0.2, 0.25) is 0 Å². The molecule has 0 saturated carbocycles. The molecule has 1 unspecified atom stereocenters. The Labute approximate surface area is 175 Å². The van der Waals surface area contributed by atoms with E-state index < -0.39 is 0 Å². The summed E-state index contributed by atoms with van der Waals surface area (Å²) in [6, 6.07) is 6.62. The van der Waals surface area contributed by atoms with Crippen molar-refractivity contribution in [3.05, 3.63) is 53.1 Å². The molecule has 0 radical (unpaired) electrons.